The predicted molar refractivity (Wildman–Crippen MR) is 88.6 cm³/mol. The van der Waals surface area contributed by atoms with Crippen molar-refractivity contribution in [1.82, 2.24) is 20.5 Å². The molecular weight excluding hydrogens is 316 g/mol. The van der Waals surface area contributed by atoms with E-state index in [1.165, 1.54) is 0 Å². The minimum absolute atomic E-state index is 0.0784. The van der Waals surface area contributed by atoms with E-state index in [0.717, 1.165) is 23.7 Å². The number of thioether (sulfide) groups is 1. The molecule has 0 saturated heterocycles. The Hall–Kier alpha value is -2.35. The molecule has 0 spiro atoms. The molecule has 7 nitrogen and oxygen atoms in total. The van der Waals surface area contributed by atoms with E-state index >= 15 is 0 Å². The van der Waals surface area contributed by atoms with E-state index in [1.807, 2.05) is 37.3 Å². The first-order valence-corrected chi connectivity index (χ1v) is 8.15. The molecule has 0 fully saturated rings. The molecule has 122 valence electrons. The van der Waals surface area contributed by atoms with E-state index in [0.29, 0.717) is 13.0 Å². The summed E-state index contributed by atoms with van der Waals surface area (Å²) in [6, 6.07) is 9.86. The molecule has 0 aliphatic carbocycles. The summed E-state index contributed by atoms with van der Waals surface area (Å²) in [6.45, 7) is 2.38. The molecule has 0 saturated carbocycles. The number of amides is 1. The number of aromatic amines is 2. The first-order chi connectivity index (χ1) is 11.1. The van der Waals surface area contributed by atoms with Crippen LogP contribution in [0.3, 0.4) is 0 Å². The third kappa shape index (κ3) is 5.10. The normalized spacial score (nSPS) is 11.9. The molecule has 23 heavy (non-hydrogen) atoms. The molecule has 1 unspecified atom stereocenters. The molecule has 1 aromatic heterocycles. The van der Waals surface area contributed by atoms with Crippen LogP contribution in [0.1, 0.15) is 18.9 Å². The number of hydrogen-bond donors (Lipinski definition) is 3. The second-order valence-corrected chi connectivity index (χ2v) is 6.04. The van der Waals surface area contributed by atoms with Gasteiger partial charge in [0.2, 0.25) is 5.91 Å². The van der Waals surface area contributed by atoms with Crippen LogP contribution in [-0.4, -0.2) is 32.9 Å². The number of benzene rings is 1. The van der Waals surface area contributed by atoms with Gasteiger partial charge in [-0.25, -0.2) is 9.89 Å². The Labute approximate surface area is 136 Å². The molecule has 1 heterocycles. The first-order valence-electron chi connectivity index (χ1n) is 7.27. The van der Waals surface area contributed by atoms with Gasteiger partial charge in [-0.05, 0) is 18.4 Å². The van der Waals surface area contributed by atoms with Crippen molar-refractivity contribution in [3.63, 3.8) is 0 Å². The summed E-state index contributed by atoms with van der Waals surface area (Å²) in [7, 11) is 0. The van der Waals surface area contributed by atoms with Crippen LogP contribution in [0.2, 0.25) is 0 Å². The van der Waals surface area contributed by atoms with Gasteiger partial charge in [0.15, 0.2) is 5.03 Å². The van der Waals surface area contributed by atoms with Gasteiger partial charge < -0.3 is 5.32 Å². The Kier molecular flexibility index (Phi) is 6.16. The lowest BCUT2D eigenvalue weighted by molar-refractivity contribution is -0.120. The fourth-order valence-electron chi connectivity index (χ4n) is 1.96. The Morgan fingerprint density at radius 2 is 2.04 bits per heavy atom. The van der Waals surface area contributed by atoms with Gasteiger partial charge in [0.25, 0.3) is 5.56 Å². The molecule has 0 aliphatic heterocycles. The van der Waals surface area contributed by atoms with Gasteiger partial charge in [-0.3, -0.25) is 14.6 Å². The van der Waals surface area contributed by atoms with E-state index in [1.54, 1.807) is 0 Å². The molecule has 2 aromatic rings. The summed E-state index contributed by atoms with van der Waals surface area (Å²) in [5, 5.41) is 8.34. The van der Waals surface area contributed by atoms with Gasteiger partial charge in [0, 0.05) is 6.54 Å². The highest BCUT2D eigenvalue weighted by Crippen LogP contribution is 2.19. The number of hydrogen-bond acceptors (Lipinski definition) is 5. The molecule has 8 heteroatoms. The molecular formula is C15H18N4O3S. The minimum atomic E-state index is -0.667. The number of carbonyl (C=O) groups is 1. The van der Waals surface area contributed by atoms with Crippen LogP contribution in [0.4, 0.5) is 0 Å². The average molecular weight is 334 g/mol. The summed E-state index contributed by atoms with van der Waals surface area (Å²) in [6.07, 6.45) is 1.28. The molecule has 1 amide bonds. The zero-order valence-corrected chi connectivity index (χ0v) is 13.5. The van der Waals surface area contributed by atoms with Crippen molar-refractivity contribution >= 4 is 17.7 Å². The van der Waals surface area contributed by atoms with Gasteiger partial charge in [0.05, 0.1) is 5.25 Å². The van der Waals surface area contributed by atoms with Crippen molar-refractivity contribution in [2.24, 2.45) is 0 Å². The van der Waals surface area contributed by atoms with Crippen LogP contribution in [0.15, 0.2) is 44.9 Å². The summed E-state index contributed by atoms with van der Waals surface area (Å²) in [4.78, 5) is 36.9. The molecule has 0 aliphatic rings. The van der Waals surface area contributed by atoms with Gasteiger partial charge in [0.1, 0.15) is 0 Å². The highest BCUT2D eigenvalue weighted by atomic mass is 32.2. The Morgan fingerprint density at radius 1 is 1.30 bits per heavy atom. The molecule has 1 aromatic carbocycles. The van der Waals surface area contributed by atoms with E-state index < -0.39 is 16.5 Å². The van der Waals surface area contributed by atoms with Crippen molar-refractivity contribution in [2.45, 2.75) is 30.0 Å². The molecule has 0 bridgehead atoms. The SMILES string of the molecule is CCC(Sc1n[nH]c(=O)[nH]c1=O)C(=O)NCCc1ccccc1. The third-order valence-electron chi connectivity index (χ3n) is 3.15. The van der Waals surface area contributed by atoms with Gasteiger partial charge >= 0.3 is 5.69 Å². The van der Waals surface area contributed by atoms with Crippen molar-refractivity contribution in [3.05, 3.63) is 56.7 Å². The van der Waals surface area contributed by atoms with Crippen LogP contribution < -0.4 is 16.6 Å². The van der Waals surface area contributed by atoms with Crippen LogP contribution >= 0.6 is 11.8 Å². The fraction of sp³-hybridized carbons (Fsp3) is 0.333. The maximum Gasteiger partial charge on any atom is 0.342 e. The molecule has 2 rings (SSSR count). The maximum absolute atomic E-state index is 12.2. The topological polar surface area (TPSA) is 108 Å². The number of rotatable bonds is 7. The monoisotopic (exact) mass is 334 g/mol. The van der Waals surface area contributed by atoms with Crippen molar-refractivity contribution < 1.29 is 4.79 Å². The number of H-pyrrole nitrogens is 2. The van der Waals surface area contributed by atoms with E-state index in [2.05, 4.69) is 20.5 Å². The predicted octanol–water partition coefficient (Wildman–Crippen LogP) is 0.688. The number of nitrogens with zero attached hydrogens (tertiary/aromatic N) is 1. The first kappa shape index (κ1) is 17.0. The Bertz CT molecular complexity index is 757. The van der Waals surface area contributed by atoms with E-state index in [9.17, 15) is 14.4 Å². The quantitative estimate of drug-likeness (QED) is 0.646. The number of carbonyl (C=O) groups excluding carboxylic acids is 1. The minimum Gasteiger partial charge on any atom is -0.355 e. The van der Waals surface area contributed by atoms with Crippen LogP contribution in [-0.2, 0) is 11.2 Å². The van der Waals surface area contributed by atoms with Gasteiger partial charge in [-0.15, -0.1) is 0 Å². The summed E-state index contributed by atoms with van der Waals surface area (Å²) < 4.78 is 0. The lowest BCUT2D eigenvalue weighted by Crippen LogP contribution is -2.35. The third-order valence-corrected chi connectivity index (χ3v) is 4.49. The largest absolute Gasteiger partial charge is 0.355 e. The highest BCUT2D eigenvalue weighted by Gasteiger charge is 2.20. The average Bonchev–Trinajstić information content (AvgIpc) is 2.55. The lowest BCUT2D eigenvalue weighted by atomic mass is 10.1. The number of nitrogens with one attached hydrogen (secondary N) is 3. The van der Waals surface area contributed by atoms with E-state index in [4.69, 9.17) is 0 Å². The van der Waals surface area contributed by atoms with Crippen molar-refractivity contribution in [1.29, 1.82) is 0 Å². The lowest BCUT2D eigenvalue weighted by Gasteiger charge is -2.13. The fourth-order valence-corrected chi connectivity index (χ4v) is 2.85. The van der Waals surface area contributed by atoms with Crippen LogP contribution in [0.25, 0.3) is 0 Å². The summed E-state index contributed by atoms with van der Waals surface area (Å²) in [5.74, 6) is -0.152. The number of aromatic nitrogens is 3. The summed E-state index contributed by atoms with van der Waals surface area (Å²) >= 11 is 1.04. The van der Waals surface area contributed by atoms with E-state index in [-0.39, 0.29) is 10.9 Å². The van der Waals surface area contributed by atoms with Crippen LogP contribution in [0, 0.1) is 0 Å². The van der Waals surface area contributed by atoms with Crippen molar-refractivity contribution in [2.75, 3.05) is 6.54 Å². The zero-order valence-electron chi connectivity index (χ0n) is 12.7. The zero-order chi connectivity index (χ0) is 16.7. The summed E-state index contributed by atoms with van der Waals surface area (Å²) in [5.41, 5.74) is -0.110. The smallest absolute Gasteiger partial charge is 0.342 e. The molecule has 3 N–H and O–H groups in total. The standard InChI is InChI=1S/C15H18N4O3S/c1-2-11(23-14-13(21)17-15(22)19-18-14)12(20)16-9-8-10-6-4-3-5-7-10/h3-7,11H,2,8-9H2,1H3,(H,16,20)(H2,17,19,21,22). The maximum atomic E-state index is 12.2. The van der Waals surface area contributed by atoms with Gasteiger partial charge in [-0.1, -0.05) is 49.0 Å². The molecule has 1 atom stereocenters. The second kappa shape index (κ2) is 8.33. The van der Waals surface area contributed by atoms with Gasteiger partial charge in [-0.2, -0.15) is 5.10 Å². The van der Waals surface area contributed by atoms with Crippen LogP contribution in [0.5, 0.6) is 0 Å². The Morgan fingerprint density at radius 3 is 2.70 bits per heavy atom. The Balaban J connectivity index is 1.90. The van der Waals surface area contributed by atoms with Crippen molar-refractivity contribution in [3.8, 4) is 0 Å². The molecule has 0 radical (unpaired) electrons. The second-order valence-electron chi connectivity index (χ2n) is 4.85. The highest BCUT2D eigenvalue weighted by molar-refractivity contribution is 8.00.